The molecule has 0 radical (unpaired) electrons. The number of aromatic nitrogens is 2. The van der Waals surface area contributed by atoms with Crippen LogP contribution in [0.1, 0.15) is 33.6 Å². The van der Waals surface area contributed by atoms with Crippen LogP contribution in [0.4, 0.5) is 5.13 Å². The second kappa shape index (κ2) is 8.69. The van der Waals surface area contributed by atoms with E-state index >= 15 is 0 Å². The lowest BCUT2D eigenvalue weighted by Crippen LogP contribution is -2.48. The minimum absolute atomic E-state index is 0.105. The Morgan fingerprint density at radius 2 is 2.14 bits per heavy atom. The number of anilines is 1. The summed E-state index contributed by atoms with van der Waals surface area (Å²) in [5.41, 5.74) is 0. The summed E-state index contributed by atoms with van der Waals surface area (Å²) in [6.07, 6.45) is 2.48. The van der Waals surface area contributed by atoms with Gasteiger partial charge in [0, 0.05) is 19.6 Å². The third-order valence-corrected chi connectivity index (χ3v) is 5.30. The molecule has 2 unspecified atom stereocenters. The van der Waals surface area contributed by atoms with Crippen molar-refractivity contribution in [3.05, 3.63) is 0 Å². The molecule has 1 N–H and O–H groups in total. The number of hydrogen-bond acceptors (Lipinski definition) is 7. The summed E-state index contributed by atoms with van der Waals surface area (Å²) in [6.45, 7) is 8.41. The number of carbonyl (C=O) groups is 1. The number of ether oxygens (including phenoxy) is 1. The van der Waals surface area contributed by atoms with Gasteiger partial charge in [0.1, 0.15) is 0 Å². The maximum atomic E-state index is 12.3. The second-order valence-electron chi connectivity index (χ2n) is 5.50. The summed E-state index contributed by atoms with van der Waals surface area (Å²) >= 11 is 2.96. The number of morpholine rings is 1. The van der Waals surface area contributed by atoms with Gasteiger partial charge >= 0.3 is 0 Å². The normalized spacial score (nSPS) is 21.9. The first-order chi connectivity index (χ1) is 10.6. The lowest BCUT2D eigenvalue weighted by molar-refractivity contribution is -0.140. The third kappa shape index (κ3) is 5.40. The van der Waals surface area contributed by atoms with Gasteiger partial charge in [-0.3, -0.25) is 4.79 Å². The summed E-state index contributed by atoms with van der Waals surface area (Å²) in [5, 5.41) is 12.3. The van der Waals surface area contributed by atoms with Crippen molar-refractivity contribution in [2.45, 2.75) is 50.2 Å². The second-order valence-corrected chi connectivity index (χ2v) is 7.70. The molecule has 1 aliphatic heterocycles. The fourth-order valence-electron chi connectivity index (χ4n) is 2.31. The molecule has 1 aromatic rings. The van der Waals surface area contributed by atoms with Crippen molar-refractivity contribution in [2.24, 2.45) is 0 Å². The van der Waals surface area contributed by atoms with E-state index in [0.29, 0.717) is 18.8 Å². The number of unbranched alkanes of at least 4 members (excludes halogenated alkanes) is 1. The zero-order valence-electron chi connectivity index (χ0n) is 13.4. The molecule has 0 aromatic carbocycles. The Balaban J connectivity index is 1.76. The maximum Gasteiger partial charge on any atom is 0.233 e. The molecular formula is C14H24N4O2S2. The molecule has 0 saturated carbocycles. The molecule has 1 aliphatic rings. The first kappa shape index (κ1) is 17.5. The molecule has 124 valence electrons. The van der Waals surface area contributed by atoms with Crippen LogP contribution in [0.15, 0.2) is 4.34 Å². The molecule has 0 bridgehead atoms. The average Bonchev–Trinajstić information content (AvgIpc) is 2.92. The molecule has 2 rings (SSSR count). The molecule has 1 saturated heterocycles. The summed E-state index contributed by atoms with van der Waals surface area (Å²) in [5.74, 6) is 0.547. The van der Waals surface area contributed by atoms with Crippen LogP contribution in [0.3, 0.4) is 0 Å². The fourth-order valence-corrected chi connectivity index (χ4v) is 3.99. The Morgan fingerprint density at radius 3 is 2.82 bits per heavy atom. The number of amides is 1. The predicted octanol–water partition coefficient (Wildman–Crippen LogP) is 2.48. The first-order valence-electron chi connectivity index (χ1n) is 7.72. The van der Waals surface area contributed by atoms with E-state index in [-0.39, 0.29) is 18.1 Å². The van der Waals surface area contributed by atoms with E-state index in [9.17, 15) is 4.79 Å². The number of nitrogens with one attached hydrogen (secondary N) is 1. The van der Waals surface area contributed by atoms with Crippen molar-refractivity contribution >= 4 is 34.1 Å². The molecule has 2 atom stereocenters. The Bertz CT molecular complexity index is 473. The van der Waals surface area contributed by atoms with Gasteiger partial charge < -0.3 is 15.0 Å². The topological polar surface area (TPSA) is 67.4 Å². The van der Waals surface area contributed by atoms with Gasteiger partial charge in [0.25, 0.3) is 0 Å². The highest BCUT2D eigenvalue weighted by Crippen LogP contribution is 2.26. The first-order valence-corrected chi connectivity index (χ1v) is 9.52. The minimum atomic E-state index is 0.105. The van der Waals surface area contributed by atoms with Crippen LogP contribution in [0.5, 0.6) is 0 Å². The van der Waals surface area contributed by atoms with E-state index in [4.69, 9.17) is 4.74 Å². The van der Waals surface area contributed by atoms with Gasteiger partial charge in [-0.2, -0.15) is 0 Å². The van der Waals surface area contributed by atoms with E-state index < -0.39 is 0 Å². The Labute approximate surface area is 140 Å². The highest BCUT2D eigenvalue weighted by atomic mass is 32.2. The molecule has 0 aliphatic carbocycles. The van der Waals surface area contributed by atoms with E-state index in [0.717, 1.165) is 28.9 Å². The average molecular weight is 345 g/mol. The molecule has 1 fully saturated rings. The zero-order chi connectivity index (χ0) is 15.9. The number of hydrogen-bond donors (Lipinski definition) is 1. The minimum Gasteiger partial charge on any atom is -0.372 e. The van der Waals surface area contributed by atoms with Crippen molar-refractivity contribution in [1.29, 1.82) is 0 Å². The quantitative estimate of drug-likeness (QED) is 0.605. The predicted molar refractivity (Wildman–Crippen MR) is 90.6 cm³/mol. The van der Waals surface area contributed by atoms with Crippen LogP contribution in [0.2, 0.25) is 0 Å². The van der Waals surface area contributed by atoms with E-state index in [1.807, 2.05) is 18.7 Å². The van der Waals surface area contributed by atoms with Crippen molar-refractivity contribution in [1.82, 2.24) is 15.1 Å². The summed E-state index contributed by atoms with van der Waals surface area (Å²) in [6, 6.07) is 0. The smallest absolute Gasteiger partial charge is 0.233 e. The molecule has 1 aromatic heterocycles. The van der Waals surface area contributed by atoms with Crippen LogP contribution in [0, 0.1) is 0 Å². The summed E-state index contributed by atoms with van der Waals surface area (Å²) < 4.78 is 6.49. The maximum absolute atomic E-state index is 12.3. The van der Waals surface area contributed by atoms with Crippen molar-refractivity contribution in [2.75, 3.05) is 30.7 Å². The van der Waals surface area contributed by atoms with Crippen LogP contribution < -0.4 is 5.32 Å². The van der Waals surface area contributed by atoms with Gasteiger partial charge in [-0.05, 0) is 20.3 Å². The Morgan fingerprint density at radius 1 is 1.41 bits per heavy atom. The number of rotatable bonds is 7. The van der Waals surface area contributed by atoms with Crippen LogP contribution in [-0.4, -0.2) is 58.6 Å². The number of nitrogens with zero attached hydrogens (tertiary/aromatic N) is 3. The van der Waals surface area contributed by atoms with Crippen molar-refractivity contribution in [3.8, 4) is 0 Å². The summed E-state index contributed by atoms with van der Waals surface area (Å²) in [4.78, 5) is 14.2. The highest BCUT2D eigenvalue weighted by Gasteiger charge is 2.25. The molecule has 0 spiro atoms. The van der Waals surface area contributed by atoms with Gasteiger partial charge in [0.2, 0.25) is 11.0 Å². The van der Waals surface area contributed by atoms with Crippen molar-refractivity contribution < 1.29 is 9.53 Å². The SMILES string of the molecule is CCCCNc1nnc(SCC(=O)N2CC(C)OC(C)C2)s1. The van der Waals surface area contributed by atoms with E-state index in [1.165, 1.54) is 23.1 Å². The van der Waals surface area contributed by atoms with Crippen LogP contribution in [-0.2, 0) is 9.53 Å². The van der Waals surface area contributed by atoms with E-state index in [2.05, 4.69) is 22.4 Å². The standard InChI is InChI=1S/C14H24N4O2S2/c1-4-5-6-15-13-16-17-14(22-13)21-9-12(19)18-7-10(2)20-11(3)8-18/h10-11H,4-9H2,1-3H3,(H,15,16). The van der Waals surface area contributed by atoms with Gasteiger partial charge in [-0.15, -0.1) is 10.2 Å². The lowest BCUT2D eigenvalue weighted by atomic mass is 10.2. The van der Waals surface area contributed by atoms with E-state index in [1.54, 1.807) is 0 Å². The lowest BCUT2D eigenvalue weighted by Gasteiger charge is -2.35. The van der Waals surface area contributed by atoms with Gasteiger partial charge in [0.15, 0.2) is 4.34 Å². The van der Waals surface area contributed by atoms with Crippen molar-refractivity contribution in [3.63, 3.8) is 0 Å². The third-order valence-electron chi connectivity index (χ3n) is 3.30. The fraction of sp³-hybridized carbons (Fsp3) is 0.786. The number of thioether (sulfide) groups is 1. The van der Waals surface area contributed by atoms with Gasteiger partial charge in [-0.25, -0.2) is 0 Å². The highest BCUT2D eigenvalue weighted by molar-refractivity contribution is 8.01. The van der Waals surface area contributed by atoms with Gasteiger partial charge in [0.05, 0.1) is 18.0 Å². The monoisotopic (exact) mass is 344 g/mol. The molecule has 8 heteroatoms. The molecule has 22 heavy (non-hydrogen) atoms. The Kier molecular flexibility index (Phi) is 6.91. The Hall–Kier alpha value is -0.860. The summed E-state index contributed by atoms with van der Waals surface area (Å²) in [7, 11) is 0. The molecular weight excluding hydrogens is 320 g/mol. The molecule has 1 amide bonds. The number of carbonyl (C=O) groups excluding carboxylic acids is 1. The van der Waals surface area contributed by atoms with Crippen LogP contribution >= 0.6 is 23.1 Å². The largest absolute Gasteiger partial charge is 0.372 e. The van der Waals surface area contributed by atoms with Gasteiger partial charge in [-0.1, -0.05) is 36.4 Å². The van der Waals surface area contributed by atoms with Crippen LogP contribution in [0.25, 0.3) is 0 Å². The molecule has 6 nitrogen and oxygen atoms in total. The molecule has 2 heterocycles. The zero-order valence-corrected chi connectivity index (χ0v) is 15.0.